The second kappa shape index (κ2) is 1.83. The zero-order chi connectivity index (χ0) is 5.28. The molecule has 0 aromatic rings. The van der Waals surface area contributed by atoms with E-state index in [1.165, 1.54) is 12.8 Å². The van der Waals surface area contributed by atoms with Crippen LogP contribution in [0.15, 0.2) is 0 Å². The zero-order valence-corrected chi connectivity index (χ0v) is 4.68. The van der Waals surface area contributed by atoms with Crippen LogP contribution in [-0.4, -0.2) is 6.10 Å². The highest BCUT2D eigenvalue weighted by atomic mass is 16.3. The first-order valence-electron chi connectivity index (χ1n) is 3.00. The van der Waals surface area contributed by atoms with Crippen LogP contribution < -0.4 is 0 Å². The lowest BCUT2D eigenvalue weighted by molar-refractivity contribution is 0.0666. The van der Waals surface area contributed by atoms with Crippen molar-refractivity contribution in [2.45, 2.75) is 32.3 Å². The van der Waals surface area contributed by atoms with Crippen molar-refractivity contribution in [2.75, 3.05) is 0 Å². The Morgan fingerprint density at radius 1 is 1.71 bits per heavy atom. The van der Waals surface area contributed by atoms with E-state index in [-0.39, 0.29) is 6.10 Å². The quantitative estimate of drug-likeness (QED) is 0.501. The third-order valence-corrected chi connectivity index (χ3v) is 1.55. The van der Waals surface area contributed by atoms with E-state index in [1.54, 1.807) is 0 Å². The van der Waals surface area contributed by atoms with Crippen LogP contribution in [0.25, 0.3) is 0 Å². The fourth-order valence-electron chi connectivity index (χ4n) is 0.801. The highest BCUT2D eigenvalue weighted by Crippen LogP contribution is 2.33. The molecule has 0 aromatic carbocycles. The van der Waals surface area contributed by atoms with Crippen molar-refractivity contribution in [2.24, 2.45) is 5.92 Å². The first-order chi connectivity index (χ1) is 3.34. The third kappa shape index (κ3) is 1.16. The summed E-state index contributed by atoms with van der Waals surface area (Å²) in [5.41, 5.74) is 0. The highest BCUT2D eigenvalue weighted by molar-refractivity contribution is 4.79. The molecule has 1 saturated carbocycles. The molecular formula is C6H11O. The van der Waals surface area contributed by atoms with Gasteiger partial charge in [-0.05, 0) is 25.2 Å². The van der Waals surface area contributed by atoms with Crippen molar-refractivity contribution in [3.63, 3.8) is 0 Å². The molecule has 1 aliphatic rings. The van der Waals surface area contributed by atoms with Crippen LogP contribution in [0.5, 0.6) is 0 Å². The van der Waals surface area contributed by atoms with Gasteiger partial charge in [-0.25, -0.2) is 5.11 Å². The van der Waals surface area contributed by atoms with Gasteiger partial charge in [-0.2, -0.15) is 0 Å². The van der Waals surface area contributed by atoms with E-state index in [0.717, 1.165) is 6.42 Å². The molecule has 1 radical (unpaired) electrons. The lowest BCUT2D eigenvalue weighted by Crippen LogP contribution is -2.03. The molecule has 0 aromatic heterocycles. The van der Waals surface area contributed by atoms with E-state index in [0.29, 0.717) is 5.92 Å². The molecule has 1 nitrogen and oxygen atoms in total. The molecule has 0 spiro atoms. The fraction of sp³-hybridized carbons (Fsp3) is 1.00. The Morgan fingerprint density at radius 2 is 2.29 bits per heavy atom. The lowest BCUT2D eigenvalue weighted by atomic mass is 10.2. The molecular weight excluding hydrogens is 88.1 g/mol. The second-order valence-corrected chi connectivity index (χ2v) is 2.28. The molecule has 0 heterocycles. The molecule has 7 heavy (non-hydrogen) atoms. The van der Waals surface area contributed by atoms with Crippen LogP contribution in [0.4, 0.5) is 0 Å². The van der Waals surface area contributed by atoms with E-state index < -0.39 is 0 Å². The summed E-state index contributed by atoms with van der Waals surface area (Å²) in [7, 11) is 0. The van der Waals surface area contributed by atoms with Gasteiger partial charge >= 0.3 is 0 Å². The van der Waals surface area contributed by atoms with Crippen molar-refractivity contribution in [3.05, 3.63) is 0 Å². The molecule has 1 atom stereocenters. The van der Waals surface area contributed by atoms with Crippen LogP contribution >= 0.6 is 0 Å². The number of hydrogen-bond donors (Lipinski definition) is 0. The van der Waals surface area contributed by atoms with Gasteiger partial charge in [0.1, 0.15) is 0 Å². The molecule has 0 aliphatic heterocycles. The Balaban J connectivity index is 2.10. The lowest BCUT2D eigenvalue weighted by Gasteiger charge is -1.97. The van der Waals surface area contributed by atoms with E-state index in [4.69, 9.17) is 0 Å². The maximum Gasteiger partial charge on any atom is 0.0955 e. The van der Waals surface area contributed by atoms with E-state index in [1.807, 2.05) is 6.92 Å². The van der Waals surface area contributed by atoms with Crippen molar-refractivity contribution in [1.29, 1.82) is 0 Å². The molecule has 0 amide bonds. The van der Waals surface area contributed by atoms with Gasteiger partial charge in [0.2, 0.25) is 0 Å². The standard InChI is InChI=1S/C6H11O/c1-2-6(7)5-3-4-5/h5-6H,2-4H2,1H3. The summed E-state index contributed by atoms with van der Waals surface area (Å²) in [6.07, 6.45) is 2.98. The highest BCUT2D eigenvalue weighted by Gasteiger charge is 2.29. The molecule has 0 N–H and O–H groups in total. The molecule has 1 aliphatic carbocycles. The predicted molar refractivity (Wildman–Crippen MR) is 27.5 cm³/mol. The molecule has 1 rings (SSSR count). The van der Waals surface area contributed by atoms with E-state index in [9.17, 15) is 5.11 Å². The Morgan fingerprint density at radius 3 is 2.43 bits per heavy atom. The van der Waals surface area contributed by atoms with Crippen LogP contribution in [0.2, 0.25) is 0 Å². The summed E-state index contributed by atoms with van der Waals surface area (Å²) < 4.78 is 0. The van der Waals surface area contributed by atoms with E-state index >= 15 is 0 Å². The monoisotopic (exact) mass is 99.1 g/mol. The fourth-order valence-corrected chi connectivity index (χ4v) is 0.801. The average Bonchev–Trinajstić information content (AvgIpc) is 2.44. The average molecular weight is 99.2 g/mol. The maximum absolute atomic E-state index is 10.7. The molecule has 1 unspecified atom stereocenters. The summed E-state index contributed by atoms with van der Waals surface area (Å²) >= 11 is 0. The van der Waals surface area contributed by atoms with Crippen molar-refractivity contribution in [3.8, 4) is 0 Å². The number of rotatable bonds is 2. The van der Waals surface area contributed by atoms with Gasteiger partial charge < -0.3 is 0 Å². The topological polar surface area (TPSA) is 19.9 Å². The van der Waals surface area contributed by atoms with Gasteiger partial charge in [-0.3, -0.25) is 0 Å². The molecule has 1 fully saturated rings. The van der Waals surface area contributed by atoms with Gasteiger partial charge in [0.05, 0.1) is 6.10 Å². The summed E-state index contributed by atoms with van der Waals surface area (Å²) in [5.74, 6) is 0.560. The van der Waals surface area contributed by atoms with Crippen LogP contribution in [0, 0.1) is 5.92 Å². The van der Waals surface area contributed by atoms with Crippen molar-refractivity contribution in [1.82, 2.24) is 0 Å². The van der Waals surface area contributed by atoms with Crippen molar-refractivity contribution < 1.29 is 5.11 Å². The van der Waals surface area contributed by atoms with Gasteiger partial charge in [-0.15, -0.1) is 0 Å². The summed E-state index contributed by atoms with van der Waals surface area (Å²) in [4.78, 5) is 0. The molecule has 0 saturated heterocycles. The van der Waals surface area contributed by atoms with Gasteiger partial charge in [-0.1, -0.05) is 6.92 Å². The van der Waals surface area contributed by atoms with Gasteiger partial charge in [0, 0.05) is 0 Å². The minimum atomic E-state index is -0.236. The number of hydrogen-bond acceptors (Lipinski definition) is 0. The second-order valence-electron chi connectivity index (χ2n) is 2.28. The summed E-state index contributed by atoms with van der Waals surface area (Å²) in [6.45, 7) is 1.97. The predicted octanol–water partition coefficient (Wildman–Crippen LogP) is 1.61. The normalized spacial score (nSPS) is 24.9. The third-order valence-electron chi connectivity index (χ3n) is 1.55. The SMILES string of the molecule is CCC([O])C1CC1. The van der Waals surface area contributed by atoms with Crippen LogP contribution in [0.3, 0.4) is 0 Å². The van der Waals surface area contributed by atoms with Gasteiger partial charge in [0.15, 0.2) is 0 Å². The van der Waals surface area contributed by atoms with Crippen LogP contribution in [-0.2, 0) is 5.11 Å². The Hall–Kier alpha value is -0.0400. The Bertz CT molecular complexity index is 57.2. The summed E-state index contributed by atoms with van der Waals surface area (Å²) in [6, 6.07) is 0. The van der Waals surface area contributed by atoms with Crippen molar-refractivity contribution >= 4 is 0 Å². The largest absolute Gasteiger partial charge is 0.233 e. The minimum Gasteiger partial charge on any atom is -0.233 e. The first-order valence-corrected chi connectivity index (χ1v) is 3.00. The molecule has 41 valence electrons. The van der Waals surface area contributed by atoms with Crippen LogP contribution in [0.1, 0.15) is 26.2 Å². The zero-order valence-electron chi connectivity index (χ0n) is 4.68. The first kappa shape index (κ1) is 5.10. The molecule has 1 heteroatoms. The molecule has 0 bridgehead atoms. The maximum atomic E-state index is 10.7. The van der Waals surface area contributed by atoms with E-state index in [2.05, 4.69) is 0 Å². The Labute approximate surface area is 44.4 Å². The minimum absolute atomic E-state index is 0.236. The smallest absolute Gasteiger partial charge is 0.0955 e. The Kier molecular flexibility index (Phi) is 1.33. The van der Waals surface area contributed by atoms with Gasteiger partial charge in [0.25, 0.3) is 0 Å². The summed E-state index contributed by atoms with van der Waals surface area (Å²) in [5, 5.41) is 10.7.